The molecular weight excluding hydrogens is 497 g/mol. The van der Waals surface area contributed by atoms with Crippen molar-refractivity contribution >= 4 is 27.5 Å². The average Bonchev–Trinajstić information content (AvgIpc) is 2.87. The first-order chi connectivity index (χ1) is 17.6. The van der Waals surface area contributed by atoms with Gasteiger partial charge in [-0.1, -0.05) is 44.5 Å². The molecule has 37 heavy (non-hydrogen) atoms. The van der Waals surface area contributed by atoms with E-state index in [9.17, 15) is 22.4 Å². The number of rotatable bonds is 15. The molecule has 1 unspecified atom stereocenters. The van der Waals surface area contributed by atoms with Crippen LogP contribution < -0.4 is 14.4 Å². The third kappa shape index (κ3) is 9.03. The number of amides is 2. The van der Waals surface area contributed by atoms with Crippen LogP contribution >= 0.6 is 0 Å². The minimum absolute atomic E-state index is 0.00460. The summed E-state index contributed by atoms with van der Waals surface area (Å²) in [6, 6.07) is 12.2. The fourth-order valence-electron chi connectivity index (χ4n) is 3.99. The van der Waals surface area contributed by atoms with Gasteiger partial charge in [-0.3, -0.25) is 13.9 Å². The number of nitrogens with one attached hydrogen (secondary N) is 1. The Hall–Kier alpha value is -3.14. The zero-order chi connectivity index (χ0) is 27.4. The van der Waals surface area contributed by atoms with Crippen LogP contribution in [0.25, 0.3) is 0 Å². The molecular formula is C27H38FN3O5S. The lowest BCUT2D eigenvalue weighted by molar-refractivity contribution is -0.141. The molecule has 0 radical (unpaired) electrons. The van der Waals surface area contributed by atoms with Crippen molar-refractivity contribution in [2.24, 2.45) is 0 Å². The second kappa shape index (κ2) is 14.6. The highest BCUT2D eigenvalue weighted by atomic mass is 32.2. The molecule has 0 saturated heterocycles. The van der Waals surface area contributed by atoms with Crippen molar-refractivity contribution in [2.75, 3.05) is 30.8 Å². The minimum Gasteiger partial charge on any atom is -0.497 e. The summed E-state index contributed by atoms with van der Waals surface area (Å²) >= 11 is 0. The summed E-state index contributed by atoms with van der Waals surface area (Å²) in [5, 5.41) is 2.91. The van der Waals surface area contributed by atoms with Gasteiger partial charge in [-0.05, 0) is 49.1 Å². The summed E-state index contributed by atoms with van der Waals surface area (Å²) in [6.07, 6.45) is 3.36. The largest absolute Gasteiger partial charge is 0.497 e. The number of sulfonamides is 1. The van der Waals surface area contributed by atoms with Gasteiger partial charge in [0.25, 0.3) is 0 Å². The Morgan fingerprint density at radius 1 is 1.05 bits per heavy atom. The van der Waals surface area contributed by atoms with E-state index in [2.05, 4.69) is 5.32 Å². The maximum Gasteiger partial charge on any atom is 0.242 e. The van der Waals surface area contributed by atoms with Crippen LogP contribution in [0, 0.1) is 5.82 Å². The molecule has 0 saturated carbocycles. The average molecular weight is 536 g/mol. The van der Waals surface area contributed by atoms with Gasteiger partial charge in [0, 0.05) is 26.1 Å². The molecule has 0 aliphatic heterocycles. The molecule has 1 atom stereocenters. The molecule has 0 spiro atoms. The molecule has 0 aliphatic carbocycles. The van der Waals surface area contributed by atoms with Gasteiger partial charge in [0.05, 0.1) is 19.1 Å². The van der Waals surface area contributed by atoms with Crippen LogP contribution in [0.5, 0.6) is 5.75 Å². The fraction of sp³-hybridized carbons (Fsp3) is 0.481. The first kappa shape index (κ1) is 30.1. The Morgan fingerprint density at radius 3 is 2.30 bits per heavy atom. The van der Waals surface area contributed by atoms with E-state index in [1.165, 1.54) is 23.1 Å². The highest BCUT2D eigenvalue weighted by molar-refractivity contribution is 7.92. The summed E-state index contributed by atoms with van der Waals surface area (Å²) in [6.45, 7) is 4.56. The van der Waals surface area contributed by atoms with Crippen molar-refractivity contribution in [3.63, 3.8) is 0 Å². The molecule has 0 fully saturated rings. The molecule has 2 amide bonds. The third-order valence-electron chi connectivity index (χ3n) is 6.00. The Balaban J connectivity index is 2.21. The molecule has 1 N–H and O–H groups in total. The summed E-state index contributed by atoms with van der Waals surface area (Å²) in [4.78, 5) is 27.9. The Kier molecular flexibility index (Phi) is 11.8. The highest BCUT2D eigenvalue weighted by Crippen LogP contribution is 2.23. The lowest BCUT2D eigenvalue weighted by Gasteiger charge is -2.31. The summed E-state index contributed by atoms with van der Waals surface area (Å²) < 4.78 is 45.2. The number of unbranched alkanes of at least 4 members (excludes halogenated alkanes) is 1. The molecule has 0 aromatic heterocycles. The molecule has 2 aromatic rings. The van der Waals surface area contributed by atoms with Crippen LogP contribution in [0.15, 0.2) is 48.5 Å². The van der Waals surface area contributed by atoms with Gasteiger partial charge in [0.15, 0.2) is 0 Å². The number of benzene rings is 2. The number of halogens is 1. The zero-order valence-electron chi connectivity index (χ0n) is 22.1. The Labute approximate surface area is 219 Å². The zero-order valence-corrected chi connectivity index (χ0v) is 22.9. The molecule has 204 valence electrons. The summed E-state index contributed by atoms with van der Waals surface area (Å²) in [5.41, 5.74) is 0.771. The first-order valence-corrected chi connectivity index (χ1v) is 14.4. The van der Waals surface area contributed by atoms with Gasteiger partial charge in [-0.15, -0.1) is 0 Å². The fourth-order valence-corrected chi connectivity index (χ4v) is 4.96. The van der Waals surface area contributed by atoms with E-state index < -0.39 is 21.9 Å². The van der Waals surface area contributed by atoms with E-state index in [1.807, 2.05) is 26.0 Å². The number of nitrogens with zero attached hydrogens (tertiary/aromatic N) is 2. The van der Waals surface area contributed by atoms with Gasteiger partial charge < -0.3 is 15.0 Å². The molecule has 8 nitrogen and oxygen atoms in total. The topological polar surface area (TPSA) is 96.0 Å². The highest BCUT2D eigenvalue weighted by Gasteiger charge is 2.29. The van der Waals surface area contributed by atoms with Crippen LogP contribution in [0.3, 0.4) is 0 Å². The van der Waals surface area contributed by atoms with Crippen LogP contribution in [0.1, 0.15) is 51.5 Å². The number of carbonyl (C=O) groups excluding carboxylic acids is 2. The van der Waals surface area contributed by atoms with E-state index in [4.69, 9.17) is 4.74 Å². The minimum atomic E-state index is -3.77. The van der Waals surface area contributed by atoms with Crippen LogP contribution in [0.2, 0.25) is 0 Å². The molecule has 2 rings (SSSR count). The number of carbonyl (C=O) groups is 2. The van der Waals surface area contributed by atoms with Crippen molar-refractivity contribution < 1.29 is 27.1 Å². The standard InChI is InChI=1S/C27H38FN3O5S/c1-5-7-18-29-27(33)24(6-2)30(20-21-14-16-22(36-3)17-15-21)26(32)13-10-19-31(37(4,34)35)25-12-9-8-11-23(25)28/h8-9,11-12,14-17,24H,5-7,10,13,18-20H2,1-4H3,(H,29,33). The van der Waals surface area contributed by atoms with Crippen LogP contribution in [-0.2, 0) is 26.2 Å². The molecule has 0 heterocycles. The van der Waals surface area contributed by atoms with E-state index in [0.29, 0.717) is 18.7 Å². The van der Waals surface area contributed by atoms with Crippen molar-refractivity contribution in [3.05, 3.63) is 59.9 Å². The first-order valence-electron chi connectivity index (χ1n) is 12.5. The van der Waals surface area contributed by atoms with Gasteiger partial charge in [-0.2, -0.15) is 0 Å². The van der Waals surface area contributed by atoms with Gasteiger partial charge in [0.2, 0.25) is 21.8 Å². The second-order valence-electron chi connectivity index (χ2n) is 8.83. The smallest absolute Gasteiger partial charge is 0.242 e. The lowest BCUT2D eigenvalue weighted by Crippen LogP contribution is -2.49. The number of hydrogen-bond acceptors (Lipinski definition) is 5. The molecule has 2 aromatic carbocycles. The molecule has 10 heteroatoms. The number of hydrogen-bond donors (Lipinski definition) is 1. The normalized spacial score (nSPS) is 12.0. The number of anilines is 1. The Bertz CT molecular complexity index is 1130. The lowest BCUT2D eigenvalue weighted by atomic mass is 10.1. The van der Waals surface area contributed by atoms with Gasteiger partial charge in [-0.25, -0.2) is 12.8 Å². The Morgan fingerprint density at radius 2 is 1.73 bits per heavy atom. The quantitative estimate of drug-likeness (QED) is 0.347. The van der Waals surface area contributed by atoms with Crippen molar-refractivity contribution in [3.8, 4) is 5.75 Å². The van der Waals surface area contributed by atoms with Crippen molar-refractivity contribution in [2.45, 2.75) is 58.5 Å². The predicted octanol–water partition coefficient (Wildman–Crippen LogP) is 4.10. The maximum atomic E-state index is 14.3. The molecule has 0 bridgehead atoms. The van der Waals surface area contributed by atoms with E-state index in [-0.39, 0.29) is 43.4 Å². The molecule has 0 aliphatic rings. The van der Waals surface area contributed by atoms with E-state index in [1.54, 1.807) is 25.3 Å². The second-order valence-corrected chi connectivity index (χ2v) is 10.7. The predicted molar refractivity (Wildman–Crippen MR) is 143 cm³/mol. The third-order valence-corrected chi connectivity index (χ3v) is 7.18. The van der Waals surface area contributed by atoms with Crippen molar-refractivity contribution in [1.29, 1.82) is 0 Å². The number of methoxy groups -OCH3 is 1. The number of ether oxygens (including phenoxy) is 1. The van der Waals surface area contributed by atoms with Crippen LogP contribution in [0.4, 0.5) is 10.1 Å². The summed E-state index contributed by atoms with van der Waals surface area (Å²) in [7, 11) is -2.20. The van der Waals surface area contributed by atoms with Gasteiger partial charge in [0.1, 0.15) is 17.6 Å². The van der Waals surface area contributed by atoms with E-state index >= 15 is 0 Å². The SMILES string of the molecule is CCCCNC(=O)C(CC)N(Cc1ccc(OC)cc1)C(=O)CCCN(c1ccccc1F)S(C)(=O)=O. The summed E-state index contributed by atoms with van der Waals surface area (Å²) in [5.74, 6) is -0.479. The maximum absolute atomic E-state index is 14.3. The monoisotopic (exact) mass is 535 g/mol. The number of para-hydroxylation sites is 1. The van der Waals surface area contributed by atoms with E-state index in [0.717, 1.165) is 29.0 Å². The van der Waals surface area contributed by atoms with Crippen LogP contribution in [-0.4, -0.2) is 57.6 Å². The van der Waals surface area contributed by atoms with Gasteiger partial charge >= 0.3 is 0 Å². The van der Waals surface area contributed by atoms with Crippen molar-refractivity contribution in [1.82, 2.24) is 10.2 Å².